The van der Waals surface area contributed by atoms with Crippen LogP contribution in [0.15, 0.2) is 36.1 Å². The molecule has 4 rings (SSSR count). The van der Waals surface area contributed by atoms with Gasteiger partial charge in [-0.25, -0.2) is 0 Å². The largest absolute Gasteiger partial charge is 0.396 e. The Labute approximate surface area is 228 Å². The third kappa shape index (κ3) is 7.48. The van der Waals surface area contributed by atoms with E-state index in [1.54, 1.807) is 7.11 Å². The van der Waals surface area contributed by atoms with Gasteiger partial charge in [0.05, 0.1) is 17.9 Å². The van der Waals surface area contributed by atoms with E-state index >= 15 is 0 Å². The van der Waals surface area contributed by atoms with Crippen molar-refractivity contribution in [3.05, 3.63) is 36.1 Å². The molecule has 8 nitrogen and oxygen atoms in total. The number of allylic oxidation sites excluding steroid dienone is 2. The smallest absolute Gasteiger partial charge is 0.227 e. The third-order valence-corrected chi connectivity index (χ3v) is 8.29. The number of aliphatic hydroxyl groups excluding tert-OH is 1. The van der Waals surface area contributed by atoms with E-state index in [1.807, 2.05) is 0 Å². The maximum Gasteiger partial charge on any atom is 0.227 e. The van der Waals surface area contributed by atoms with E-state index in [-0.39, 0.29) is 36.3 Å². The summed E-state index contributed by atoms with van der Waals surface area (Å²) in [6.45, 7) is 7.86. The Morgan fingerprint density at radius 3 is 2.68 bits per heavy atom. The van der Waals surface area contributed by atoms with Crippen molar-refractivity contribution in [2.75, 3.05) is 46.5 Å². The summed E-state index contributed by atoms with van der Waals surface area (Å²) in [6, 6.07) is 0.588. The molecule has 4 aliphatic rings. The van der Waals surface area contributed by atoms with Gasteiger partial charge in [0.2, 0.25) is 11.8 Å². The van der Waals surface area contributed by atoms with E-state index in [0.717, 1.165) is 38.8 Å². The Morgan fingerprint density at radius 2 is 1.97 bits per heavy atom. The van der Waals surface area contributed by atoms with Gasteiger partial charge < -0.3 is 30.3 Å². The number of fused-ring (bicyclic) bond motifs is 1. The lowest BCUT2D eigenvalue weighted by Crippen LogP contribution is -2.51. The molecule has 2 fully saturated rings. The number of nitrogens with zero attached hydrogens (tertiary/aromatic N) is 2. The lowest BCUT2D eigenvalue weighted by atomic mass is 9.87. The minimum absolute atomic E-state index is 0.000698. The van der Waals surface area contributed by atoms with Crippen LogP contribution in [0.3, 0.4) is 0 Å². The highest BCUT2D eigenvalue weighted by Gasteiger charge is 2.41. The number of methoxy groups -OCH3 is 1. The van der Waals surface area contributed by atoms with E-state index in [0.29, 0.717) is 56.4 Å². The number of hydrogen-bond donors (Lipinski definition) is 3. The van der Waals surface area contributed by atoms with E-state index < -0.39 is 0 Å². The van der Waals surface area contributed by atoms with Crippen LogP contribution in [0.2, 0.25) is 0 Å². The van der Waals surface area contributed by atoms with Gasteiger partial charge in [-0.15, -0.1) is 0 Å². The van der Waals surface area contributed by atoms with Crippen LogP contribution in [-0.2, 0) is 14.3 Å². The van der Waals surface area contributed by atoms with Crippen LogP contribution < -0.4 is 10.6 Å². The summed E-state index contributed by atoms with van der Waals surface area (Å²) < 4.78 is 5.27. The summed E-state index contributed by atoms with van der Waals surface area (Å²) in [4.78, 5) is 31.5. The van der Waals surface area contributed by atoms with Crippen molar-refractivity contribution in [1.82, 2.24) is 20.4 Å². The molecule has 0 radical (unpaired) electrons. The van der Waals surface area contributed by atoms with Crippen LogP contribution in [0.1, 0.15) is 52.4 Å². The molecule has 2 aliphatic carbocycles. The van der Waals surface area contributed by atoms with Crippen LogP contribution in [0, 0.1) is 23.7 Å². The number of piperidine rings is 1. The molecule has 1 saturated carbocycles. The molecule has 0 spiro atoms. The highest BCUT2D eigenvalue weighted by Crippen LogP contribution is 2.37. The van der Waals surface area contributed by atoms with E-state index in [9.17, 15) is 14.7 Å². The van der Waals surface area contributed by atoms with Gasteiger partial charge in [-0.05, 0) is 50.0 Å². The molecular formula is C30H48N4O4. The highest BCUT2D eigenvalue weighted by molar-refractivity contribution is 5.83. The standard InChI is InChI=1S/C30H48N4O4/c1-21(2)15-25(11-13-35)32-29(36)22-16-23(18-31-17-22)30(37)34(26-9-10-26)20-24-19-33(12-6-14-38-3)28-8-5-4-7-27(24)28/h4-5,7-8,19,21-23,25-28,31,35H,6,9-18,20H2,1-3H3,(H,32,36)/t22-,23+,25+,27?,28?/m0/s1. The van der Waals surface area contributed by atoms with E-state index in [1.165, 1.54) is 5.57 Å². The summed E-state index contributed by atoms with van der Waals surface area (Å²) in [5.74, 6) is 0.483. The minimum atomic E-state index is -0.232. The van der Waals surface area contributed by atoms with Crippen molar-refractivity contribution in [2.45, 2.75) is 70.5 Å². The molecular weight excluding hydrogens is 480 g/mol. The number of carbonyl (C=O) groups is 2. The monoisotopic (exact) mass is 528 g/mol. The van der Waals surface area contributed by atoms with Crippen molar-refractivity contribution >= 4 is 11.8 Å². The normalized spacial score (nSPS) is 27.3. The molecule has 2 amide bonds. The van der Waals surface area contributed by atoms with Crippen LogP contribution in [0.5, 0.6) is 0 Å². The lowest BCUT2D eigenvalue weighted by molar-refractivity contribution is -0.138. The van der Waals surface area contributed by atoms with Gasteiger partial charge >= 0.3 is 0 Å². The summed E-state index contributed by atoms with van der Waals surface area (Å²) >= 11 is 0. The number of rotatable bonds is 14. The molecule has 0 aromatic carbocycles. The molecule has 1 saturated heterocycles. The lowest BCUT2D eigenvalue weighted by Gasteiger charge is -2.34. The molecule has 5 atom stereocenters. The Morgan fingerprint density at radius 1 is 1.21 bits per heavy atom. The molecule has 8 heteroatoms. The number of ether oxygens (including phenoxy) is 1. The average Bonchev–Trinajstić information content (AvgIpc) is 3.69. The zero-order chi connectivity index (χ0) is 27.1. The second-order valence-electron chi connectivity index (χ2n) is 11.9. The zero-order valence-electron chi connectivity index (χ0n) is 23.5. The van der Waals surface area contributed by atoms with Gasteiger partial charge in [0.25, 0.3) is 0 Å². The number of amides is 2. The number of carbonyl (C=O) groups excluding carboxylic acids is 2. The fourth-order valence-corrected chi connectivity index (χ4v) is 6.22. The second kappa shape index (κ2) is 13.8. The molecule has 2 heterocycles. The van der Waals surface area contributed by atoms with Crippen LogP contribution in [0.4, 0.5) is 0 Å². The Bertz CT molecular complexity index is 897. The first-order chi connectivity index (χ1) is 18.4. The zero-order valence-corrected chi connectivity index (χ0v) is 23.5. The summed E-state index contributed by atoms with van der Waals surface area (Å²) in [6.07, 6.45) is 16.1. The first-order valence-corrected chi connectivity index (χ1v) is 14.6. The Hall–Kier alpha value is -2.16. The van der Waals surface area contributed by atoms with Crippen molar-refractivity contribution < 1.29 is 19.4 Å². The van der Waals surface area contributed by atoms with Crippen LogP contribution in [-0.4, -0.2) is 91.3 Å². The van der Waals surface area contributed by atoms with Gasteiger partial charge in [-0.3, -0.25) is 9.59 Å². The van der Waals surface area contributed by atoms with Gasteiger partial charge in [-0.1, -0.05) is 38.2 Å². The molecule has 2 unspecified atom stereocenters. The first-order valence-electron chi connectivity index (χ1n) is 14.6. The fourth-order valence-electron chi connectivity index (χ4n) is 6.22. The highest BCUT2D eigenvalue weighted by atomic mass is 16.5. The second-order valence-corrected chi connectivity index (χ2v) is 11.9. The average molecular weight is 529 g/mol. The molecule has 3 N–H and O–H groups in total. The van der Waals surface area contributed by atoms with Crippen LogP contribution in [0.25, 0.3) is 0 Å². The van der Waals surface area contributed by atoms with Crippen molar-refractivity contribution in [3.63, 3.8) is 0 Å². The summed E-state index contributed by atoms with van der Waals surface area (Å²) in [5, 5.41) is 16.0. The molecule has 2 aliphatic heterocycles. The quantitative estimate of drug-likeness (QED) is 0.300. The molecule has 212 valence electrons. The van der Waals surface area contributed by atoms with Gasteiger partial charge in [0, 0.05) is 70.7 Å². The van der Waals surface area contributed by atoms with Gasteiger partial charge in [0.15, 0.2) is 0 Å². The van der Waals surface area contributed by atoms with Crippen LogP contribution >= 0.6 is 0 Å². The number of aliphatic hydroxyl groups is 1. The van der Waals surface area contributed by atoms with Crippen molar-refractivity contribution in [2.24, 2.45) is 23.7 Å². The third-order valence-electron chi connectivity index (χ3n) is 8.29. The molecule has 0 bridgehead atoms. The maximum atomic E-state index is 13.9. The van der Waals surface area contributed by atoms with E-state index in [2.05, 4.69) is 64.8 Å². The van der Waals surface area contributed by atoms with Crippen molar-refractivity contribution in [1.29, 1.82) is 0 Å². The van der Waals surface area contributed by atoms with Gasteiger partial charge in [0.1, 0.15) is 0 Å². The first kappa shape index (κ1) is 28.8. The predicted octanol–water partition coefficient (Wildman–Crippen LogP) is 2.46. The number of nitrogens with one attached hydrogen (secondary N) is 2. The van der Waals surface area contributed by atoms with Crippen molar-refractivity contribution in [3.8, 4) is 0 Å². The van der Waals surface area contributed by atoms with E-state index in [4.69, 9.17) is 4.74 Å². The van der Waals surface area contributed by atoms with Gasteiger partial charge in [-0.2, -0.15) is 0 Å². The SMILES string of the molecule is COCCCN1C=C(CN(C(=O)[C@H]2CNC[C@@H](C(=O)N[C@H](CCO)CC(C)C)C2)C2CC2)C2C=CC=CC21. The fraction of sp³-hybridized carbons (Fsp3) is 0.733. The Kier molecular flexibility index (Phi) is 10.4. The minimum Gasteiger partial charge on any atom is -0.396 e. The molecule has 38 heavy (non-hydrogen) atoms. The summed E-state index contributed by atoms with van der Waals surface area (Å²) in [5.41, 5.74) is 1.30. The molecule has 0 aromatic rings. The predicted molar refractivity (Wildman–Crippen MR) is 149 cm³/mol. The number of hydrogen-bond acceptors (Lipinski definition) is 6. The molecule has 0 aromatic heterocycles. The summed E-state index contributed by atoms with van der Waals surface area (Å²) in [7, 11) is 1.74. The topological polar surface area (TPSA) is 94.1 Å². The Balaban J connectivity index is 1.39. The maximum absolute atomic E-state index is 13.9.